The Morgan fingerprint density at radius 1 is 1.24 bits per heavy atom. The standard InChI is InChI=1S/C27H34N8O3/c1-16-20(38-19-7-9-28-22(11-19)30-17(2)36)13-29-25-24(16)34(6)26(32-25)31-23-12-21(27(3,4)5)35(33-23)14-18-8-10-37-15-18/h7,9,11-13,18H,8,10,14-15H2,1-6H3,(H,28,30,36)(H,29,31,32,33). The number of fused-ring (bicyclic) bond motifs is 1. The number of carbonyl (C=O) groups excluding carboxylic acids is 1. The summed E-state index contributed by atoms with van der Waals surface area (Å²) >= 11 is 0. The van der Waals surface area contributed by atoms with Crippen molar-refractivity contribution in [2.75, 3.05) is 23.8 Å². The van der Waals surface area contributed by atoms with Gasteiger partial charge in [-0.3, -0.25) is 9.48 Å². The monoisotopic (exact) mass is 518 g/mol. The smallest absolute Gasteiger partial charge is 0.222 e. The largest absolute Gasteiger partial charge is 0.455 e. The van der Waals surface area contributed by atoms with Crippen LogP contribution in [0.4, 0.5) is 17.6 Å². The molecule has 0 spiro atoms. The molecule has 0 bridgehead atoms. The fourth-order valence-electron chi connectivity index (χ4n) is 4.70. The van der Waals surface area contributed by atoms with Crippen molar-refractivity contribution in [3.63, 3.8) is 0 Å². The van der Waals surface area contributed by atoms with Crippen LogP contribution in [0, 0.1) is 12.8 Å². The van der Waals surface area contributed by atoms with Gasteiger partial charge in [0.15, 0.2) is 17.2 Å². The van der Waals surface area contributed by atoms with Crippen molar-refractivity contribution in [3.05, 3.63) is 41.9 Å². The molecule has 1 aliphatic heterocycles. The first kappa shape index (κ1) is 25.7. The van der Waals surface area contributed by atoms with E-state index in [1.165, 1.54) is 6.92 Å². The van der Waals surface area contributed by atoms with Gasteiger partial charge in [-0.05, 0) is 19.4 Å². The lowest BCUT2D eigenvalue weighted by Crippen LogP contribution is -2.21. The van der Waals surface area contributed by atoms with Gasteiger partial charge in [-0.15, -0.1) is 0 Å². The first-order chi connectivity index (χ1) is 18.1. The first-order valence-corrected chi connectivity index (χ1v) is 12.7. The molecule has 200 valence electrons. The van der Waals surface area contributed by atoms with Crippen LogP contribution in [-0.4, -0.2) is 48.4 Å². The number of pyridine rings is 2. The van der Waals surface area contributed by atoms with Gasteiger partial charge in [0.2, 0.25) is 11.9 Å². The van der Waals surface area contributed by atoms with E-state index in [-0.39, 0.29) is 11.3 Å². The quantitative estimate of drug-likeness (QED) is 0.361. The molecule has 1 aliphatic rings. The summed E-state index contributed by atoms with van der Waals surface area (Å²) in [5, 5.41) is 11.0. The van der Waals surface area contributed by atoms with Crippen LogP contribution in [0.5, 0.6) is 11.5 Å². The lowest BCUT2D eigenvalue weighted by Gasteiger charge is -2.21. The topological polar surface area (TPSA) is 121 Å². The highest BCUT2D eigenvalue weighted by Gasteiger charge is 2.25. The zero-order valence-corrected chi connectivity index (χ0v) is 22.7. The van der Waals surface area contributed by atoms with Gasteiger partial charge in [0, 0.05) is 68.0 Å². The number of ether oxygens (including phenoxy) is 2. The van der Waals surface area contributed by atoms with E-state index >= 15 is 0 Å². The van der Waals surface area contributed by atoms with E-state index in [0.717, 1.165) is 48.8 Å². The molecule has 0 radical (unpaired) electrons. The lowest BCUT2D eigenvalue weighted by molar-refractivity contribution is -0.114. The number of aryl methyl sites for hydroxylation is 2. The number of rotatable bonds is 7. The molecular weight excluding hydrogens is 484 g/mol. The molecule has 11 nitrogen and oxygen atoms in total. The maximum Gasteiger partial charge on any atom is 0.222 e. The minimum atomic E-state index is -0.198. The van der Waals surface area contributed by atoms with Gasteiger partial charge in [0.05, 0.1) is 18.3 Å². The second-order valence-corrected chi connectivity index (χ2v) is 10.8. The van der Waals surface area contributed by atoms with Crippen molar-refractivity contribution in [2.45, 2.75) is 53.0 Å². The SMILES string of the molecule is CC(=O)Nc1cc(Oc2cnc3nc(Nc4cc(C(C)(C)C)n(CC5CCOC5)n4)n(C)c3c2C)ccn1. The van der Waals surface area contributed by atoms with Gasteiger partial charge >= 0.3 is 0 Å². The third-order valence-corrected chi connectivity index (χ3v) is 6.61. The fourth-order valence-corrected chi connectivity index (χ4v) is 4.70. The van der Waals surface area contributed by atoms with Crippen molar-refractivity contribution >= 4 is 34.7 Å². The fraction of sp³-hybridized carbons (Fsp3) is 0.444. The van der Waals surface area contributed by atoms with Crippen molar-refractivity contribution in [1.29, 1.82) is 0 Å². The van der Waals surface area contributed by atoms with Crippen LogP contribution >= 0.6 is 0 Å². The summed E-state index contributed by atoms with van der Waals surface area (Å²) in [6.45, 7) is 12.4. The summed E-state index contributed by atoms with van der Waals surface area (Å²) < 4.78 is 15.7. The van der Waals surface area contributed by atoms with Gasteiger partial charge in [0.1, 0.15) is 11.6 Å². The summed E-state index contributed by atoms with van der Waals surface area (Å²) in [4.78, 5) is 24.8. The minimum absolute atomic E-state index is 0.0596. The van der Waals surface area contributed by atoms with Gasteiger partial charge in [-0.2, -0.15) is 10.1 Å². The number of imidazole rings is 1. The van der Waals surface area contributed by atoms with Gasteiger partial charge in [-0.25, -0.2) is 9.97 Å². The van der Waals surface area contributed by atoms with Gasteiger partial charge in [0.25, 0.3) is 0 Å². The predicted octanol–water partition coefficient (Wildman–Crippen LogP) is 4.70. The maximum atomic E-state index is 11.4. The highest BCUT2D eigenvalue weighted by molar-refractivity contribution is 5.87. The molecule has 5 heterocycles. The molecule has 1 unspecified atom stereocenters. The first-order valence-electron chi connectivity index (χ1n) is 12.7. The van der Waals surface area contributed by atoms with Crippen molar-refractivity contribution in [1.82, 2.24) is 29.3 Å². The van der Waals surface area contributed by atoms with Crippen LogP contribution in [-0.2, 0) is 28.5 Å². The van der Waals surface area contributed by atoms with Crippen molar-refractivity contribution in [2.24, 2.45) is 13.0 Å². The lowest BCUT2D eigenvalue weighted by atomic mass is 9.92. The van der Waals surface area contributed by atoms with Crippen molar-refractivity contribution < 1.29 is 14.3 Å². The number of hydrogen-bond donors (Lipinski definition) is 2. The van der Waals surface area contributed by atoms with Crippen LogP contribution in [0.15, 0.2) is 30.6 Å². The Balaban J connectivity index is 1.42. The molecule has 11 heteroatoms. The molecule has 0 aromatic carbocycles. The summed E-state index contributed by atoms with van der Waals surface area (Å²) in [6.07, 6.45) is 4.29. The number of aromatic nitrogens is 6. The van der Waals surface area contributed by atoms with Crippen LogP contribution in [0.3, 0.4) is 0 Å². The summed E-state index contributed by atoms with van der Waals surface area (Å²) in [5.74, 6) is 3.20. The summed E-state index contributed by atoms with van der Waals surface area (Å²) in [5.41, 5.74) is 3.44. The predicted molar refractivity (Wildman–Crippen MR) is 145 cm³/mol. The Kier molecular flexibility index (Phi) is 6.78. The average molecular weight is 519 g/mol. The number of carbonyl (C=O) groups is 1. The molecule has 4 aromatic heterocycles. The van der Waals surface area contributed by atoms with Gasteiger partial charge in [-0.1, -0.05) is 20.8 Å². The molecule has 4 aromatic rings. The number of hydrogen-bond acceptors (Lipinski definition) is 8. The Bertz CT molecular complexity index is 1480. The maximum absolute atomic E-state index is 11.4. The third kappa shape index (κ3) is 5.33. The number of anilines is 3. The second-order valence-electron chi connectivity index (χ2n) is 10.8. The van der Waals surface area contributed by atoms with Crippen molar-refractivity contribution in [3.8, 4) is 11.5 Å². The third-order valence-electron chi connectivity index (χ3n) is 6.61. The van der Waals surface area contributed by atoms with E-state index in [0.29, 0.717) is 34.8 Å². The van der Waals surface area contributed by atoms with E-state index in [4.69, 9.17) is 19.6 Å². The Morgan fingerprint density at radius 2 is 2.05 bits per heavy atom. The number of nitrogens with one attached hydrogen (secondary N) is 2. The molecule has 1 amide bonds. The number of nitrogens with zero attached hydrogens (tertiary/aromatic N) is 6. The zero-order chi connectivity index (χ0) is 27.0. The molecule has 1 fully saturated rings. The van der Waals surface area contributed by atoms with Crippen LogP contribution in [0.2, 0.25) is 0 Å². The minimum Gasteiger partial charge on any atom is -0.455 e. The summed E-state index contributed by atoms with van der Waals surface area (Å²) in [6, 6.07) is 5.49. The normalized spacial score (nSPS) is 15.7. The van der Waals surface area contributed by atoms with Crippen LogP contribution < -0.4 is 15.4 Å². The zero-order valence-electron chi connectivity index (χ0n) is 22.7. The molecule has 0 aliphatic carbocycles. The van der Waals surface area contributed by atoms with Crippen LogP contribution in [0.25, 0.3) is 11.2 Å². The highest BCUT2D eigenvalue weighted by Crippen LogP contribution is 2.33. The van der Waals surface area contributed by atoms with E-state index in [1.807, 2.05) is 18.5 Å². The van der Waals surface area contributed by atoms with E-state index < -0.39 is 0 Å². The molecule has 0 saturated carbocycles. The molecular formula is C27H34N8O3. The Labute approximate surface area is 221 Å². The second kappa shape index (κ2) is 10.1. The van der Waals surface area contributed by atoms with E-state index in [9.17, 15) is 4.79 Å². The Morgan fingerprint density at radius 3 is 2.76 bits per heavy atom. The summed E-state index contributed by atoms with van der Waals surface area (Å²) in [7, 11) is 1.94. The van der Waals surface area contributed by atoms with Gasteiger partial charge < -0.3 is 24.7 Å². The highest BCUT2D eigenvalue weighted by atomic mass is 16.5. The molecule has 38 heavy (non-hydrogen) atoms. The number of amides is 1. The van der Waals surface area contributed by atoms with E-state index in [1.54, 1.807) is 24.5 Å². The average Bonchev–Trinajstić information content (AvgIpc) is 3.56. The molecule has 5 rings (SSSR count). The van der Waals surface area contributed by atoms with Crippen LogP contribution in [0.1, 0.15) is 45.4 Å². The van der Waals surface area contributed by atoms with E-state index in [2.05, 4.69) is 52.1 Å². The molecule has 2 N–H and O–H groups in total. The molecule has 1 atom stereocenters. The Hall–Kier alpha value is -3.99. The molecule has 1 saturated heterocycles.